The lowest BCUT2D eigenvalue weighted by Crippen LogP contribution is -2.19. The van der Waals surface area contributed by atoms with Crippen LogP contribution >= 0.6 is 11.6 Å². The number of anilines is 1. The van der Waals surface area contributed by atoms with Crippen molar-refractivity contribution in [2.24, 2.45) is 0 Å². The molecule has 87 valence electrons. The zero-order valence-electron chi connectivity index (χ0n) is 9.20. The summed E-state index contributed by atoms with van der Waals surface area (Å²) in [6.07, 6.45) is 0.900. The van der Waals surface area contributed by atoms with Crippen molar-refractivity contribution in [3.8, 4) is 5.75 Å². The average Bonchev–Trinajstić information content (AvgIpc) is 2.66. The number of benzene rings is 1. The predicted octanol–water partition coefficient (Wildman–Crippen LogP) is 3.01. The van der Waals surface area contributed by atoms with Gasteiger partial charge in [0.2, 0.25) is 5.56 Å². The fourth-order valence-electron chi connectivity index (χ4n) is 1.66. The van der Waals surface area contributed by atoms with Gasteiger partial charge in [-0.15, -0.1) is 0 Å². The van der Waals surface area contributed by atoms with Crippen molar-refractivity contribution in [1.29, 1.82) is 0 Å². The molecule has 0 aromatic heterocycles. The first kappa shape index (κ1) is 11.6. The maximum Gasteiger partial charge on any atom is 0.206 e. The largest absolute Gasteiger partial charge is 0.494 e. The molecule has 1 aromatic rings. The summed E-state index contributed by atoms with van der Waals surface area (Å²) < 4.78 is 10.6. The fourth-order valence-corrected chi connectivity index (χ4v) is 1.90. The van der Waals surface area contributed by atoms with Crippen molar-refractivity contribution in [3.63, 3.8) is 0 Å². The van der Waals surface area contributed by atoms with Crippen molar-refractivity contribution in [1.82, 2.24) is 0 Å². The normalized spacial score (nSPS) is 21.0. The molecular formula is C12H15ClNO2. The molecule has 0 aliphatic carbocycles. The lowest BCUT2D eigenvalue weighted by molar-refractivity contribution is 0.235. The van der Waals surface area contributed by atoms with Gasteiger partial charge in [-0.25, -0.2) is 0 Å². The third-order valence-electron chi connectivity index (χ3n) is 2.41. The Bertz CT molecular complexity index is 346. The minimum absolute atomic E-state index is 0.0959. The van der Waals surface area contributed by atoms with E-state index in [4.69, 9.17) is 21.1 Å². The SMILES string of the molecule is CCOc1cccc(NC2CCO[C]2Cl)c1. The molecule has 1 aliphatic rings. The van der Waals surface area contributed by atoms with Crippen molar-refractivity contribution in [3.05, 3.63) is 29.8 Å². The Kier molecular flexibility index (Phi) is 3.91. The quantitative estimate of drug-likeness (QED) is 0.878. The first-order chi connectivity index (χ1) is 7.79. The first-order valence-electron chi connectivity index (χ1n) is 5.44. The molecule has 1 unspecified atom stereocenters. The van der Waals surface area contributed by atoms with E-state index < -0.39 is 0 Å². The molecule has 0 amide bonds. The van der Waals surface area contributed by atoms with Gasteiger partial charge in [0, 0.05) is 11.8 Å². The fraction of sp³-hybridized carbons (Fsp3) is 0.417. The van der Waals surface area contributed by atoms with Gasteiger partial charge in [0.15, 0.2) is 0 Å². The molecule has 0 spiro atoms. The molecule has 1 radical (unpaired) electrons. The van der Waals surface area contributed by atoms with Gasteiger partial charge in [-0.05, 0) is 25.5 Å². The van der Waals surface area contributed by atoms with Crippen LogP contribution in [0.25, 0.3) is 0 Å². The van der Waals surface area contributed by atoms with Crippen LogP contribution in [0.3, 0.4) is 0 Å². The summed E-state index contributed by atoms with van der Waals surface area (Å²) in [6, 6.07) is 7.94. The standard InChI is InChI=1S/C12H15ClNO2/c1-2-15-10-5-3-4-9(8-10)14-11-6-7-16-12(11)13/h3-5,8,11,14H,2,6-7H2,1H3. The number of nitrogens with one attached hydrogen (secondary N) is 1. The van der Waals surface area contributed by atoms with Crippen molar-refractivity contribution < 1.29 is 9.47 Å². The van der Waals surface area contributed by atoms with Gasteiger partial charge in [-0.1, -0.05) is 17.7 Å². The molecule has 1 heterocycles. The highest BCUT2D eigenvalue weighted by Crippen LogP contribution is 2.28. The third kappa shape index (κ3) is 2.80. The molecule has 4 heteroatoms. The Hall–Kier alpha value is -0.930. The second kappa shape index (κ2) is 5.41. The number of rotatable bonds is 4. The van der Waals surface area contributed by atoms with Crippen LogP contribution in [0.2, 0.25) is 0 Å². The Balaban J connectivity index is 2.00. The molecule has 1 atom stereocenters. The molecule has 1 fully saturated rings. The number of hydrogen-bond donors (Lipinski definition) is 1. The average molecular weight is 241 g/mol. The minimum Gasteiger partial charge on any atom is -0.494 e. The predicted molar refractivity (Wildman–Crippen MR) is 64.7 cm³/mol. The van der Waals surface area contributed by atoms with Crippen molar-refractivity contribution in [2.45, 2.75) is 19.4 Å². The Morgan fingerprint density at radius 3 is 3.12 bits per heavy atom. The van der Waals surface area contributed by atoms with E-state index >= 15 is 0 Å². The molecule has 0 saturated carbocycles. The van der Waals surface area contributed by atoms with Gasteiger partial charge < -0.3 is 14.8 Å². The molecule has 3 nitrogen and oxygen atoms in total. The number of hydrogen-bond acceptors (Lipinski definition) is 3. The second-order valence-corrected chi connectivity index (χ2v) is 3.97. The lowest BCUT2D eigenvalue weighted by atomic mass is 10.2. The molecule has 16 heavy (non-hydrogen) atoms. The van der Waals surface area contributed by atoms with E-state index in [-0.39, 0.29) is 6.04 Å². The highest BCUT2D eigenvalue weighted by atomic mass is 35.5. The monoisotopic (exact) mass is 240 g/mol. The van der Waals surface area contributed by atoms with Gasteiger partial charge in [0.05, 0.1) is 19.3 Å². The van der Waals surface area contributed by atoms with Crippen LogP contribution in [0, 0.1) is 5.56 Å². The van der Waals surface area contributed by atoms with Crippen LogP contribution in [0.1, 0.15) is 13.3 Å². The summed E-state index contributed by atoms with van der Waals surface area (Å²) in [7, 11) is 0. The van der Waals surface area contributed by atoms with E-state index in [0.29, 0.717) is 18.8 Å². The number of ether oxygens (including phenoxy) is 2. The number of halogens is 1. The summed E-state index contributed by atoms with van der Waals surface area (Å²) in [5, 5.41) is 3.32. The van der Waals surface area contributed by atoms with Crippen LogP contribution in [0.5, 0.6) is 5.75 Å². The van der Waals surface area contributed by atoms with E-state index in [1.165, 1.54) is 0 Å². The minimum atomic E-state index is 0.0959. The molecule has 1 aliphatic heterocycles. The van der Waals surface area contributed by atoms with Crippen LogP contribution in [-0.2, 0) is 4.74 Å². The molecule has 0 bridgehead atoms. The van der Waals surface area contributed by atoms with Gasteiger partial charge >= 0.3 is 0 Å². The molecular weight excluding hydrogens is 226 g/mol. The maximum atomic E-state index is 5.93. The highest BCUT2D eigenvalue weighted by molar-refractivity contribution is 6.26. The molecule has 1 saturated heterocycles. The molecule has 1 N–H and O–H groups in total. The van der Waals surface area contributed by atoms with E-state index in [0.717, 1.165) is 17.9 Å². The summed E-state index contributed by atoms with van der Waals surface area (Å²) >= 11 is 5.93. The Morgan fingerprint density at radius 1 is 1.56 bits per heavy atom. The zero-order valence-corrected chi connectivity index (χ0v) is 9.96. The summed E-state index contributed by atoms with van der Waals surface area (Å²) in [5.41, 5.74) is 1.54. The smallest absolute Gasteiger partial charge is 0.206 e. The Morgan fingerprint density at radius 2 is 2.44 bits per heavy atom. The van der Waals surface area contributed by atoms with Crippen molar-refractivity contribution >= 4 is 17.3 Å². The van der Waals surface area contributed by atoms with Crippen LogP contribution < -0.4 is 10.1 Å². The van der Waals surface area contributed by atoms with Gasteiger partial charge in [0.1, 0.15) is 5.75 Å². The summed E-state index contributed by atoms with van der Waals surface area (Å²) in [4.78, 5) is 0. The van der Waals surface area contributed by atoms with E-state index in [9.17, 15) is 0 Å². The second-order valence-electron chi connectivity index (χ2n) is 3.60. The molecule has 1 aromatic carbocycles. The first-order valence-corrected chi connectivity index (χ1v) is 5.82. The van der Waals surface area contributed by atoms with Crippen molar-refractivity contribution in [2.75, 3.05) is 18.5 Å². The third-order valence-corrected chi connectivity index (χ3v) is 2.78. The van der Waals surface area contributed by atoms with Crippen LogP contribution in [0.4, 0.5) is 5.69 Å². The van der Waals surface area contributed by atoms with Gasteiger partial charge in [-0.3, -0.25) is 0 Å². The Labute approximate surface area is 101 Å². The van der Waals surface area contributed by atoms with Crippen LogP contribution in [-0.4, -0.2) is 19.3 Å². The zero-order chi connectivity index (χ0) is 11.4. The van der Waals surface area contributed by atoms with E-state index in [2.05, 4.69) is 5.32 Å². The van der Waals surface area contributed by atoms with Crippen LogP contribution in [0.15, 0.2) is 24.3 Å². The molecule has 2 rings (SSSR count). The topological polar surface area (TPSA) is 30.5 Å². The summed E-state index contributed by atoms with van der Waals surface area (Å²) in [6.45, 7) is 3.32. The summed E-state index contributed by atoms with van der Waals surface area (Å²) in [5.74, 6) is 0.863. The maximum absolute atomic E-state index is 5.93. The van der Waals surface area contributed by atoms with E-state index in [1.807, 2.05) is 31.2 Å². The van der Waals surface area contributed by atoms with Gasteiger partial charge in [-0.2, -0.15) is 0 Å². The lowest BCUT2D eigenvalue weighted by Gasteiger charge is -2.15. The van der Waals surface area contributed by atoms with E-state index in [1.54, 1.807) is 0 Å². The highest BCUT2D eigenvalue weighted by Gasteiger charge is 2.27. The van der Waals surface area contributed by atoms with Gasteiger partial charge in [0.25, 0.3) is 0 Å².